The van der Waals surface area contributed by atoms with Crippen LogP contribution in [-0.2, 0) is 9.59 Å². The Morgan fingerprint density at radius 3 is 2.60 bits per heavy atom. The van der Waals surface area contributed by atoms with Crippen LogP contribution in [0.5, 0.6) is 0 Å². The first-order chi connectivity index (χ1) is 16.2. The van der Waals surface area contributed by atoms with Crippen LogP contribution in [0.25, 0.3) is 0 Å². The highest BCUT2D eigenvalue weighted by Crippen LogP contribution is 2.71. The van der Waals surface area contributed by atoms with Crippen molar-refractivity contribution in [2.75, 3.05) is 0 Å². The van der Waals surface area contributed by atoms with Crippen LogP contribution in [0.15, 0.2) is 27.9 Å². The Hall–Kier alpha value is -1.34. The quantitative estimate of drug-likeness (QED) is 0.375. The van der Waals surface area contributed by atoms with Crippen molar-refractivity contribution in [3.63, 3.8) is 0 Å². The predicted molar refractivity (Wildman–Crippen MR) is 130 cm³/mol. The molecule has 0 heterocycles. The van der Waals surface area contributed by atoms with Crippen LogP contribution in [0.1, 0.15) is 72.1 Å². The largest absolute Gasteiger partial charge is 0.481 e. The number of carboxylic acid groups (broad SMARTS) is 1. The van der Waals surface area contributed by atoms with E-state index in [1.54, 1.807) is 19.1 Å². The molecule has 0 aromatic rings. The maximum absolute atomic E-state index is 17.1. The third-order valence-electron chi connectivity index (χ3n) is 9.93. The number of carbonyl (C=O) groups is 2. The molecule has 3 N–H and O–H groups in total. The average Bonchev–Trinajstić information content (AvgIpc) is 2.94. The van der Waals surface area contributed by atoms with Gasteiger partial charge in [0.25, 0.3) is 0 Å². The Morgan fingerprint density at radius 1 is 1.26 bits per heavy atom. The molecule has 194 valence electrons. The third kappa shape index (κ3) is 4.00. The monoisotopic (exact) mass is 556 g/mol. The summed E-state index contributed by atoms with van der Waals surface area (Å²) in [5.41, 5.74) is -1.63. The number of halogens is 3. The predicted octanol–water partition coefficient (Wildman–Crippen LogP) is 5.20. The molecule has 8 heteroatoms. The fraction of sp³-hybridized carbons (Fsp3) is 0.741. The zero-order valence-electron chi connectivity index (χ0n) is 20.5. The Labute approximate surface area is 213 Å². The van der Waals surface area contributed by atoms with Crippen LogP contribution in [-0.4, -0.2) is 50.6 Å². The summed E-state index contributed by atoms with van der Waals surface area (Å²) in [6, 6.07) is 0. The van der Waals surface area contributed by atoms with Crippen LogP contribution in [0.2, 0.25) is 0 Å². The zero-order valence-corrected chi connectivity index (χ0v) is 22.1. The molecule has 0 saturated heterocycles. The molecular weight excluding hydrogens is 522 g/mol. The van der Waals surface area contributed by atoms with Gasteiger partial charge < -0.3 is 15.3 Å². The van der Waals surface area contributed by atoms with E-state index in [4.69, 9.17) is 5.11 Å². The molecule has 5 nitrogen and oxygen atoms in total. The molecule has 0 aromatic heterocycles. The molecule has 3 saturated carbocycles. The van der Waals surface area contributed by atoms with Gasteiger partial charge in [-0.05, 0) is 56.9 Å². The minimum atomic E-state index is -1.69. The number of hydrogen-bond acceptors (Lipinski definition) is 4. The molecule has 3 fully saturated rings. The van der Waals surface area contributed by atoms with Gasteiger partial charge in [-0.15, -0.1) is 5.73 Å². The number of carboxylic acids is 1. The van der Waals surface area contributed by atoms with Crippen LogP contribution >= 0.6 is 15.9 Å². The minimum Gasteiger partial charge on any atom is -0.481 e. The van der Waals surface area contributed by atoms with E-state index >= 15 is 8.78 Å². The van der Waals surface area contributed by atoms with E-state index in [9.17, 15) is 19.8 Å². The van der Waals surface area contributed by atoms with E-state index in [1.165, 1.54) is 0 Å². The van der Waals surface area contributed by atoms with E-state index < -0.39 is 52.7 Å². The summed E-state index contributed by atoms with van der Waals surface area (Å²) < 4.78 is 33.3. The van der Waals surface area contributed by atoms with Gasteiger partial charge in [0.05, 0.1) is 23.5 Å². The van der Waals surface area contributed by atoms with Gasteiger partial charge in [-0.1, -0.05) is 35.9 Å². The number of ketones is 1. The van der Waals surface area contributed by atoms with Gasteiger partial charge in [-0.3, -0.25) is 9.59 Å². The van der Waals surface area contributed by atoms with Crippen molar-refractivity contribution < 1.29 is 33.7 Å². The van der Waals surface area contributed by atoms with Crippen LogP contribution in [0.3, 0.4) is 0 Å². The molecule has 1 unspecified atom stereocenters. The van der Waals surface area contributed by atoms with Gasteiger partial charge in [0, 0.05) is 34.2 Å². The first-order valence-electron chi connectivity index (χ1n) is 12.5. The molecule has 9 atom stereocenters. The number of hydrogen-bond donors (Lipinski definition) is 3. The van der Waals surface area contributed by atoms with Gasteiger partial charge in [0.1, 0.15) is 17.6 Å². The van der Waals surface area contributed by atoms with E-state index in [1.807, 2.05) is 13.8 Å². The lowest BCUT2D eigenvalue weighted by molar-refractivity contribution is -0.179. The second-order valence-corrected chi connectivity index (χ2v) is 12.6. The highest BCUT2D eigenvalue weighted by molar-refractivity contribution is 9.11. The van der Waals surface area contributed by atoms with Gasteiger partial charge in [-0.25, -0.2) is 8.78 Å². The Balaban J connectivity index is 1.59. The van der Waals surface area contributed by atoms with E-state index in [0.29, 0.717) is 22.9 Å². The number of allylic oxidation sites excluding steroid dienone is 3. The van der Waals surface area contributed by atoms with Crippen molar-refractivity contribution in [1.29, 1.82) is 0 Å². The summed E-state index contributed by atoms with van der Waals surface area (Å²) in [5, 5.41) is 30.6. The van der Waals surface area contributed by atoms with Crippen molar-refractivity contribution in [3.05, 3.63) is 27.9 Å². The number of alkyl halides is 2. The van der Waals surface area contributed by atoms with Crippen molar-refractivity contribution in [3.8, 4) is 0 Å². The molecule has 0 aliphatic heterocycles. The molecule has 0 spiro atoms. The molecule has 4 aliphatic rings. The van der Waals surface area contributed by atoms with Crippen molar-refractivity contribution >= 4 is 27.7 Å². The van der Waals surface area contributed by atoms with Crippen LogP contribution in [0, 0.1) is 28.6 Å². The smallest absolute Gasteiger partial charge is 0.305 e. The number of carbonyl (C=O) groups excluding carboxylic acids is 1. The number of aliphatic carboxylic acids is 1. The fourth-order valence-electron chi connectivity index (χ4n) is 7.86. The Morgan fingerprint density at radius 2 is 1.94 bits per heavy atom. The number of fused-ring (bicyclic) bond motifs is 5. The first-order valence-corrected chi connectivity index (χ1v) is 13.3. The van der Waals surface area contributed by atoms with Gasteiger partial charge >= 0.3 is 5.97 Å². The number of aliphatic hydroxyl groups excluding tert-OH is 1. The van der Waals surface area contributed by atoms with Gasteiger partial charge in [0.15, 0.2) is 0 Å². The average molecular weight is 557 g/mol. The zero-order chi connectivity index (χ0) is 26.0. The number of aliphatic hydroxyl groups is 2. The molecule has 4 aliphatic carbocycles. The minimum absolute atomic E-state index is 0.0116. The van der Waals surface area contributed by atoms with Gasteiger partial charge in [-0.2, -0.15) is 0 Å². The van der Waals surface area contributed by atoms with Crippen molar-refractivity contribution in [2.45, 2.75) is 95.7 Å². The maximum atomic E-state index is 17.1. The highest BCUT2D eigenvalue weighted by Gasteiger charge is 2.72. The topological polar surface area (TPSA) is 94.8 Å². The maximum Gasteiger partial charge on any atom is 0.305 e. The molecule has 0 bridgehead atoms. The lowest BCUT2D eigenvalue weighted by Gasteiger charge is -2.61. The Kier molecular flexibility index (Phi) is 6.79. The second kappa shape index (κ2) is 8.90. The van der Waals surface area contributed by atoms with E-state index in [0.717, 1.165) is 0 Å². The lowest BCUT2D eigenvalue weighted by Crippen LogP contribution is -2.63. The molecule has 0 aromatic carbocycles. The summed E-state index contributed by atoms with van der Waals surface area (Å²) in [6.45, 7) is 5.54. The first kappa shape index (κ1) is 26.7. The third-order valence-corrected chi connectivity index (χ3v) is 10.4. The van der Waals surface area contributed by atoms with E-state index in [-0.39, 0.29) is 49.7 Å². The van der Waals surface area contributed by atoms with Crippen LogP contribution < -0.4 is 0 Å². The summed E-state index contributed by atoms with van der Waals surface area (Å²) in [4.78, 5) is 23.6. The number of Topliss-reactive ketones (excluding diaryl/α,β-unsaturated/α-hetero) is 1. The molecule has 4 rings (SSSR count). The van der Waals surface area contributed by atoms with E-state index in [2.05, 4.69) is 21.7 Å². The highest BCUT2D eigenvalue weighted by atomic mass is 79.9. The van der Waals surface area contributed by atoms with Gasteiger partial charge in [0.2, 0.25) is 0 Å². The standard InChI is InChI=1S/C27H35BrF2O5/c1-15-10-20-21-12-22(29)19-7-4-16(28)13-25(19,3)26(21,30)9-8-24(20,2)27(15,35)14-18(32)6-5-17(31)11-23(33)34/h4,13,15,17,20-22,31,35H,5-6,8-12,14H2,1-3H3,(H,33,34)/t15-,17?,20-,21-,22+,24-,25-,26+,27+/m0/s1. The summed E-state index contributed by atoms with van der Waals surface area (Å²) in [5.74, 6) is -2.58. The lowest BCUT2D eigenvalue weighted by atomic mass is 9.45. The fourth-order valence-corrected chi connectivity index (χ4v) is 8.43. The van der Waals surface area contributed by atoms with Crippen molar-refractivity contribution in [1.82, 2.24) is 0 Å². The normalized spacial score (nSPS) is 45.0. The Bertz CT molecular complexity index is 1020. The summed E-state index contributed by atoms with van der Waals surface area (Å²) in [7, 11) is 0. The second-order valence-electron chi connectivity index (χ2n) is 11.7. The SMILES string of the molecule is C[C@H]1C[C@H]2[C@@H]3C[C@@H](F)C4=C=CC(Br)=C[C@]4(C)[C@@]3(F)CC[C@]2(C)[C@@]1(O)CC(=O)CCC(O)CC(=O)O. The molecule has 0 amide bonds. The number of rotatable bonds is 7. The molecule has 0 radical (unpaired) electrons. The van der Waals surface area contributed by atoms with Crippen LogP contribution in [0.4, 0.5) is 8.78 Å². The summed E-state index contributed by atoms with van der Waals surface area (Å²) >= 11 is 3.42. The molecular formula is C27H35BrF2O5. The summed E-state index contributed by atoms with van der Waals surface area (Å²) in [6.07, 6.45) is 1.40. The molecule has 35 heavy (non-hydrogen) atoms. The van der Waals surface area contributed by atoms with Crippen molar-refractivity contribution in [2.24, 2.45) is 28.6 Å².